The predicted octanol–water partition coefficient (Wildman–Crippen LogP) is 2.09. The Labute approximate surface area is 190 Å². The topological polar surface area (TPSA) is 92.2 Å². The Bertz CT molecular complexity index is 1190. The van der Waals surface area contributed by atoms with E-state index in [-0.39, 0.29) is 11.5 Å². The molecule has 2 aliphatic heterocycles. The maximum atomic E-state index is 12.4. The van der Waals surface area contributed by atoms with Crippen LogP contribution in [0.5, 0.6) is 0 Å². The Hall–Kier alpha value is -2.75. The van der Waals surface area contributed by atoms with Crippen molar-refractivity contribution in [3.8, 4) is 0 Å². The first-order valence-electron chi connectivity index (χ1n) is 11.0. The van der Waals surface area contributed by atoms with E-state index < -0.39 is 0 Å². The lowest BCUT2D eigenvalue weighted by molar-refractivity contribution is -0.113. The van der Waals surface area contributed by atoms with Gasteiger partial charge in [-0.25, -0.2) is 4.98 Å². The highest BCUT2D eigenvalue weighted by Crippen LogP contribution is 2.29. The molecule has 2 aliphatic rings. The molecule has 32 heavy (non-hydrogen) atoms. The fourth-order valence-electron chi connectivity index (χ4n) is 4.32. The third-order valence-electron chi connectivity index (χ3n) is 6.13. The summed E-state index contributed by atoms with van der Waals surface area (Å²) in [5.74, 6) is 1.14. The van der Waals surface area contributed by atoms with Crippen LogP contribution in [0.15, 0.2) is 52.4 Å². The van der Waals surface area contributed by atoms with Crippen LogP contribution in [0.4, 0.5) is 5.82 Å². The Balaban J connectivity index is 1.12. The zero-order valence-corrected chi connectivity index (χ0v) is 18.6. The SMILES string of the molecule is O=C1CSc2ccc(CNC3CCN(CCn4c(=O)ccc5ccncc54)CC3)nc2N1. The molecule has 0 aliphatic carbocycles. The number of carbonyl (C=O) groups excluding carboxylic acids is 1. The van der Waals surface area contributed by atoms with Crippen LogP contribution >= 0.6 is 11.8 Å². The molecular weight excluding hydrogens is 424 g/mol. The van der Waals surface area contributed by atoms with E-state index in [9.17, 15) is 9.59 Å². The van der Waals surface area contributed by atoms with Gasteiger partial charge in [-0.1, -0.05) is 0 Å². The van der Waals surface area contributed by atoms with Crippen molar-refractivity contribution < 1.29 is 4.79 Å². The van der Waals surface area contributed by atoms with E-state index in [2.05, 4.69) is 25.5 Å². The van der Waals surface area contributed by atoms with E-state index in [1.54, 1.807) is 18.5 Å². The molecule has 5 rings (SSSR count). The van der Waals surface area contributed by atoms with Gasteiger partial charge in [-0.2, -0.15) is 0 Å². The molecule has 9 heteroatoms. The van der Waals surface area contributed by atoms with Gasteiger partial charge < -0.3 is 20.1 Å². The Kier molecular flexibility index (Phi) is 6.20. The molecule has 1 saturated heterocycles. The quantitative estimate of drug-likeness (QED) is 0.594. The number of hydrogen-bond acceptors (Lipinski definition) is 7. The van der Waals surface area contributed by atoms with E-state index >= 15 is 0 Å². The molecule has 8 nitrogen and oxygen atoms in total. The molecule has 0 unspecified atom stereocenters. The van der Waals surface area contributed by atoms with Gasteiger partial charge >= 0.3 is 0 Å². The van der Waals surface area contributed by atoms with Crippen LogP contribution in [-0.4, -0.2) is 56.8 Å². The number of aromatic nitrogens is 3. The summed E-state index contributed by atoms with van der Waals surface area (Å²) >= 11 is 1.53. The number of rotatable bonds is 6. The molecule has 3 aromatic heterocycles. The van der Waals surface area contributed by atoms with Crippen LogP contribution in [0.2, 0.25) is 0 Å². The zero-order valence-electron chi connectivity index (χ0n) is 17.8. The summed E-state index contributed by atoms with van der Waals surface area (Å²) in [5.41, 5.74) is 1.86. The highest BCUT2D eigenvalue weighted by molar-refractivity contribution is 8.00. The lowest BCUT2D eigenvalue weighted by atomic mass is 10.0. The molecule has 0 bridgehead atoms. The van der Waals surface area contributed by atoms with Crippen molar-refractivity contribution in [3.05, 3.63) is 58.8 Å². The summed E-state index contributed by atoms with van der Waals surface area (Å²) in [5, 5.41) is 7.50. The van der Waals surface area contributed by atoms with Crippen molar-refractivity contribution in [1.82, 2.24) is 24.8 Å². The Morgan fingerprint density at radius 1 is 1.09 bits per heavy atom. The van der Waals surface area contributed by atoms with Gasteiger partial charge in [0, 0.05) is 43.3 Å². The number of piperidine rings is 1. The summed E-state index contributed by atoms with van der Waals surface area (Å²) in [6, 6.07) is 9.94. The number of thioether (sulfide) groups is 1. The third-order valence-corrected chi connectivity index (χ3v) is 7.17. The minimum absolute atomic E-state index is 0.00880. The predicted molar refractivity (Wildman–Crippen MR) is 126 cm³/mol. The summed E-state index contributed by atoms with van der Waals surface area (Å²) < 4.78 is 1.82. The standard InChI is InChI=1S/C23H26N6O2S/c30-21-15-32-20-3-2-18(26-23(20)27-21)13-25-17-6-9-28(10-7-17)11-12-29-19-14-24-8-5-16(19)1-4-22(29)31/h1-5,8,14,17,25H,6-7,9-13,15H2,(H,26,27,30). The van der Waals surface area contributed by atoms with Crippen molar-refractivity contribution in [1.29, 1.82) is 0 Å². The lowest BCUT2D eigenvalue weighted by Gasteiger charge is -2.32. The Morgan fingerprint density at radius 2 is 1.97 bits per heavy atom. The number of fused-ring (bicyclic) bond motifs is 2. The van der Waals surface area contributed by atoms with Gasteiger partial charge in [0.05, 0.1) is 28.1 Å². The monoisotopic (exact) mass is 450 g/mol. The summed E-state index contributed by atoms with van der Waals surface area (Å²) in [6.07, 6.45) is 5.64. The highest BCUT2D eigenvalue weighted by atomic mass is 32.2. The zero-order chi connectivity index (χ0) is 21.9. The molecule has 1 fully saturated rings. The van der Waals surface area contributed by atoms with E-state index in [0.717, 1.165) is 54.0 Å². The Morgan fingerprint density at radius 3 is 2.84 bits per heavy atom. The smallest absolute Gasteiger partial charge is 0.251 e. The second-order valence-electron chi connectivity index (χ2n) is 8.24. The fraction of sp³-hybridized carbons (Fsp3) is 0.391. The van der Waals surface area contributed by atoms with Gasteiger partial charge in [0.2, 0.25) is 5.91 Å². The van der Waals surface area contributed by atoms with Crippen molar-refractivity contribution in [2.75, 3.05) is 30.7 Å². The molecule has 2 N–H and O–H groups in total. The second-order valence-corrected chi connectivity index (χ2v) is 9.26. The maximum absolute atomic E-state index is 12.4. The van der Waals surface area contributed by atoms with Gasteiger partial charge in [0.1, 0.15) is 5.82 Å². The van der Waals surface area contributed by atoms with Crippen LogP contribution in [-0.2, 0) is 17.9 Å². The summed E-state index contributed by atoms with van der Waals surface area (Å²) in [6.45, 7) is 4.21. The number of nitrogens with zero attached hydrogens (tertiary/aromatic N) is 4. The van der Waals surface area contributed by atoms with Crippen LogP contribution in [0.3, 0.4) is 0 Å². The molecular formula is C23H26N6O2S. The van der Waals surface area contributed by atoms with Crippen molar-refractivity contribution in [2.24, 2.45) is 0 Å². The first-order chi connectivity index (χ1) is 15.7. The van der Waals surface area contributed by atoms with E-state index in [1.165, 1.54) is 11.8 Å². The van der Waals surface area contributed by atoms with E-state index in [4.69, 9.17) is 0 Å². The molecule has 3 aromatic rings. The summed E-state index contributed by atoms with van der Waals surface area (Å²) in [7, 11) is 0. The van der Waals surface area contributed by atoms with Crippen LogP contribution in [0.25, 0.3) is 10.9 Å². The first-order valence-corrected chi connectivity index (χ1v) is 12.0. The van der Waals surface area contributed by atoms with E-state index in [1.807, 2.05) is 28.8 Å². The van der Waals surface area contributed by atoms with Crippen molar-refractivity contribution >= 4 is 34.4 Å². The maximum Gasteiger partial charge on any atom is 0.251 e. The van der Waals surface area contributed by atoms with Gasteiger partial charge in [-0.05, 0) is 50.2 Å². The molecule has 5 heterocycles. The molecule has 0 radical (unpaired) electrons. The van der Waals surface area contributed by atoms with Gasteiger partial charge in [0.15, 0.2) is 0 Å². The average molecular weight is 451 g/mol. The van der Waals surface area contributed by atoms with Crippen molar-refractivity contribution in [3.63, 3.8) is 0 Å². The van der Waals surface area contributed by atoms with Gasteiger partial charge in [-0.15, -0.1) is 11.8 Å². The third kappa shape index (κ3) is 4.69. The number of nitrogens with one attached hydrogen (secondary N) is 2. The molecule has 0 spiro atoms. The summed E-state index contributed by atoms with van der Waals surface area (Å²) in [4.78, 5) is 36.2. The molecule has 0 atom stereocenters. The largest absolute Gasteiger partial charge is 0.309 e. The number of amides is 1. The van der Waals surface area contributed by atoms with E-state index in [0.29, 0.717) is 30.7 Å². The van der Waals surface area contributed by atoms with Gasteiger partial charge in [-0.3, -0.25) is 14.6 Å². The van der Waals surface area contributed by atoms with Crippen LogP contribution in [0, 0.1) is 0 Å². The molecule has 1 amide bonds. The minimum Gasteiger partial charge on any atom is -0.309 e. The fourth-order valence-corrected chi connectivity index (χ4v) is 5.07. The number of pyridine rings is 3. The number of hydrogen-bond donors (Lipinski definition) is 2. The van der Waals surface area contributed by atoms with Crippen LogP contribution < -0.4 is 16.2 Å². The molecule has 0 saturated carbocycles. The second kappa shape index (κ2) is 9.40. The molecule has 166 valence electrons. The first kappa shape index (κ1) is 21.1. The van der Waals surface area contributed by atoms with Crippen LogP contribution in [0.1, 0.15) is 18.5 Å². The molecule has 0 aromatic carbocycles. The number of likely N-dealkylation sites (tertiary alicyclic amines) is 1. The minimum atomic E-state index is 0.00880. The normalized spacial score (nSPS) is 17.3. The number of carbonyl (C=O) groups is 1. The average Bonchev–Trinajstić information content (AvgIpc) is 2.82. The van der Waals surface area contributed by atoms with Gasteiger partial charge in [0.25, 0.3) is 5.56 Å². The lowest BCUT2D eigenvalue weighted by Crippen LogP contribution is -2.43. The van der Waals surface area contributed by atoms with Crippen molar-refractivity contribution in [2.45, 2.75) is 36.9 Å². The number of anilines is 1. The highest BCUT2D eigenvalue weighted by Gasteiger charge is 2.20.